The number of nitrogens with zero attached hydrogens (tertiary/aromatic N) is 1. The highest BCUT2D eigenvalue weighted by Gasteiger charge is 2.36. The number of ether oxygens (including phenoxy) is 2. The van der Waals surface area contributed by atoms with E-state index in [2.05, 4.69) is 0 Å². The van der Waals surface area contributed by atoms with Crippen molar-refractivity contribution in [3.8, 4) is 5.75 Å². The average molecular weight is 383 g/mol. The van der Waals surface area contributed by atoms with Crippen molar-refractivity contribution in [3.63, 3.8) is 0 Å². The first kappa shape index (κ1) is 18.5. The molecule has 0 spiro atoms. The van der Waals surface area contributed by atoms with Crippen LogP contribution >= 0.6 is 0 Å². The SMILES string of the molecule is COC(=O)C1CC(c2ccc(OC)c3c2c2cc(F)ccc2n3C)CCC1=O. The van der Waals surface area contributed by atoms with Crippen molar-refractivity contribution >= 4 is 33.6 Å². The summed E-state index contributed by atoms with van der Waals surface area (Å²) in [6.45, 7) is 0. The van der Waals surface area contributed by atoms with Gasteiger partial charge in [-0.05, 0) is 48.6 Å². The van der Waals surface area contributed by atoms with Gasteiger partial charge in [-0.1, -0.05) is 6.07 Å². The second kappa shape index (κ2) is 6.93. The summed E-state index contributed by atoms with van der Waals surface area (Å²) in [5, 5.41) is 1.72. The summed E-state index contributed by atoms with van der Waals surface area (Å²) < 4.78 is 26.4. The van der Waals surface area contributed by atoms with Crippen LogP contribution in [0.15, 0.2) is 30.3 Å². The number of halogens is 1. The molecule has 6 heteroatoms. The fraction of sp³-hybridized carbons (Fsp3) is 0.364. The van der Waals surface area contributed by atoms with Crippen molar-refractivity contribution in [2.45, 2.75) is 25.2 Å². The van der Waals surface area contributed by atoms with E-state index < -0.39 is 11.9 Å². The average Bonchev–Trinajstić information content (AvgIpc) is 2.99. The quantitative estimate of drug-likeness (QED) is 0.505. The third-order valence-electron chi connectivity index (χ3n) is 5.89. The molecule has 0 saturated heterocycles. The third-order valence-corrected chi connectivity index (χ3v) is 5.89. The maximum absolute atomic E-state index is 14.0. The molecule has 1 heterocycles. The summed E-state index contributed by atoms with van der Waals surface area (Å²) in [5.41, 5.74) is 2.79. The smallest absolute Gasteiger partial charge is 0.316 e. The van der Waals surface area contributed by atoms with E-state index in [0.29, 0.717) is 25.0 Å². The van der Waals surface area contributed by atoms with E-state index in [4.69, 9.17) is 9.47 Å². The van der Waals surface area contributed by atoms with Gasteiger partial charge in [-0.15, -0.1) is 0 Å². The molecule has 0 radical (unpaired) electrons. The Hall–Kier alpha value is -2.89. The summed E-state index contributed by atoms with van der Waals surface area (Å²) >= 11 is 0. The number of benzene rings is 2. The molecule has 3 aromatic rings. The zero-order valence-corrected chi connectivity index (χ0v) is 16.1. The molecule has 1 fully saturated rings. The van der Waals surface area contributed by atoms with Gasteiger partial charge < -0.3 is 14.0 Å². The van der Waals surface area contributed by atoms with Gasteiger partial charge in [0.1, 0.15) is 23.3 Å². The van der Waals surface area contributed by atoms with E-state index in [1.165, 1.54) is 19.2 Å². The molecule has 0 aliphatic heterocycles. The highest BCUT2D eigenvalue weighted by Crippen LogP contribution is 2.44. The number of hydrogen-bond donors (Lipinski definition) is 0. The minimum Gasteiger partial charge on any atom is -0.495 e. The first-order valence-electron chi connectivity index (χ1n) is 9.31. The Bertz CT molecular complexity index is 1090. The summed E-state index contributed by atoms with van der Waals surface area (Å²) in [5.74, 6) is -0.897. The number of rotatable bonds is 3. The molecule has 28 heavy (non-hydrogen) atoms. The van der Waals surface area contributed by atoms with Crippen LogP contribution in [0.3, 0.4) is 0 Å². The topological polar surface area (TPSA) is 57.5 Å². The maximum atomic E-state index is 14.0. The van der Waals surface area contributed by atoms with Gasteiger partial charge in [-0.3, -0.25) is 9.59 Å². The van der Waals surface area contributed by atoms with Crippen molar-refractivity contribution in [3.05, 3.63) is 41.7 Å². The third kappa shape index (κ3) is 2.75. The molecular formula is C22H22FNO4. The second-order valence-electron chi connectivity index (χ2n) is 7.31. The van der Waals surface area contributed by atoms with Crippen molar-refractivity contribution < 1.29 is 23.5 Å². The largest absolute Gasteiger partial charge is 0.495 e. The lowest BCUT2D eigenvalue weighted by molar-refractivity contribution is -0.150. The molecule has 0 bridgehead atoms. The van der Waals surface area contributed by atoms with E-state index >= 15 is 0 Å². The number of carbonyl (C=O) groups is 2. The van der Waals surface area contributed by atoms with Crippen molar-refractivity contribution in [1.82, 2.24) is 4.57 Å². The lowest BCUT2D eigenvalue weighted by Gasteiger charge is -2.27. The van der Waals surface area contributed by atoms with Gasteiger partial charge in [0.25, 0.3) is 0 Å². The number of fused-ring (bicyclic) bond motifs is 3. The molecule has 2 aromatic carbocycles. The van der Waals surface area contributed by atoms with E-state index in [-0.39, 0.29) is 17.5 Å². The molecule has 1 saturated carbocycles. The fourth-order valence-corrected chi connectivity index (χ4v) is 4.51. The minimum atomic E-state index is -0.743. The Morgan fingerprint density at radius 3 is 2.71 bits per heavy atom. The summed E-state index contributed by atoms with van der Waals surface area (Å²) in [6.07, 6.45) is 1.38. The zero-order chi connectivity index (χ0) is 20.0. The molecule has 5 nitrogen and oxygen atoms in total. The summed E-state index contributed by atoms with van der Waals surface area (Å²) in [6, 6.07) is 8.61. The first-order valence-corrected chi connectivity index (χ1v) is 9.31. The van der Waals surface area contributed by atoms with Gasteiger partial charge in [0, 0.05) is 29.8 Å². The van der Waals surface area contributed by atoms with Crippen LogP contribution in [0.4, 0.5) is 4.39 Å². The number of aromatic nitrogens is 1. The highest BCUT2D eigenvalue weighted by atomic mass is 19.1. The van der Waals surface area contributed by atoms with Crippen LogP contribution in [0.1, 0.15) is 30.7 Å². The Morgan fingerprint density at radius 2 is 2.00 bits per heavy atom. The zero-order valence-electron chi connectivity index (χ0n) is 16.1. The molecule has 1 aliphatic rings. The van der Waals surface area contributed by atoms with Gasteiger partial charge in [0.05, 0.1) is 19.7 Å². The molecule has 2 atom stereocenters. The van der Waals surface area contributed by atoms with Crippen LogP contribution < -0.4 is 4.74 Å². The molecule has 1 aliphatic carbocycles. The number of aryl methyl sites for hydroxylation is 1. The van der Waals surface area contributed by atoms with Gasteiger partial charge in [-0.25, -0.2) is 4.39 Å². The van der Waals surface area contributed by atoms with Gasteiger partial charge in [-0.2, -0.15) is 0 Å². The Balaban J connectivity index is 1.94. The number of ketones is 1. The lowest BCUT2D eigenvalue weighted by atomic mass is 9.76. The van der Waals surface area contributed by atoms with E-state index in [1.807, 2.05) is 23.7 Å². The highest BCUT2D eigenvalue weighted by molar-refractivity contribution is 6.12. The van der Waals surface area contributed by atoms with Crippen LogP contribution in [0.2, 0.25) is 0 Å². The molecule has 0 N–H and O–H groups in total. The van der Waals surface area contributed by atoms with Crippen LogP contribution in [0.25, 0.3) is 21.8 Å². The van der Waals surface area contributed by atoms with Crippen LogP contribution in [0.5, 0.6) is 5.75 Å². The predicted molar refractivity (Wildman–Crippen MR) is 104 cm³/mol. The van der Waals surface area contributed by atoms with Crippen molar-refractivity contribution in [2.24, 2.45) is 13.0 Å². The Labute approximate surface area is 162 Å². The Kier molecular flexibility index (Phi) is 4.57. The molecule has 0 amide bonds. The number of methoxy groups -OCH3 is 2. The van der Waals surface area contributed by atoms with Crippen LogP contribution in [-0.4, -0.2) is 30.5 Å². The van der Waals surface area contributed by atoms with Gasteiger partial charge in [0.2, 0.25) is 0 Å². The predicted octanol–water partition coefficient (Wildman–Crippen LogP) is 4.11. The van der Waals surface area contributed by atoms with Gasteiger partial charge >= 0.3 is 5.97 Å². The fourth-order valence-electron chi connectivity index (χ4n) is 4.51. The maximum Gasteiger partial charge on any atom is 0.316 e. The molecule has 146 valence electrons. The number of hydrogen-bond acceptors (Lipinski definition) is 4. The molecular weight excluding hydrogens is 361 g/mol. The Morgan fingerprint density at radius 1 is 1.21 bits per heavy atom. The summed E-state index contributed by atoms with van der Waals surface area (Å²) in [7, 11) is 4.84. The first-order chi connectivity index (χ1) is 13.5. The van der Waals surface area contributed by atoms with E-state index in [1.54, 1.807) is 13.2 Å². The van der Waals surface area contributed by atoms with Crippen LogP contribution in [-0.2, 0) is 21.4 Å². The standard InChI is InChI=1S/C22H22FNO4/c1-24-17-7-5-13(23)11-15(17)20-14(6-9-19(27-2)21(20)24)12-4-8-18(25)16(10-12)22(26)28-3/h5-7,9,11-12,16H,4,8,10H2,1-3H3. The van der Waals surface area contributed by atoms with Crippen molar-refractivity contribution in [2.75, 3.05) is 14.2 Å². The summed E-state index contributed by atoms with van der Waals surface area (Å²) in [4.78, 5) is 24.3. The minimum absolute atomic E-state index is 0.00377. The second-order valence-corrected chi connectivity index (χ2v) is 7.31. The molecule has 2 unspecified atom stereocenters. The monoisotopic (exact) mass is 383 g/mol. The normalized spacial score (nSPS) is 19.9. The van der Waals surface area contributed by atoms with E-state index in [9.17, 15) is 14.0 Å². The number of Topliss-reactive ketones (excluding diaryl/α,β-unsaturated/α-hetero) is 1. The number of esters is 1. The van der Waals surface area contributed by atoms with Crippen molar-refractivity contribution in [1.29, 1.82) is 0 Å². The molecule has 1 aromatic heterocycles. The van der Waals surface area contributed by atoms with Crippen LogP contribution in [0, 0.1) is 11.7 Å². The lowest BCUT2D eigenvalue weighted by Crippen LogP contribution is -2.31. The molecule has 4 rings (SSSR count). The number of carbonyl (C=O) groups excluding carboxylic acids is 2. The van der Waals surface area contributed by atoms with Gasteiger partial charge in [0.15, 0.2) is 0 Å². The van der Waals surface area contributed by atoms with E-state index in [0.717, 1.165) is 27.4 Å².